The molecule has 0 bridgehead atoms. The number of hydrogen-bond acceptors (Lipinski definition) is 4. The lowest BCUT2D eigenvalue weighted by Gasteiger charge is -2.13. The molecule has 1 aliphatic carbocycles. The van der Waals surface area contributed by atoms with Crippen LogP contribution in [0.15, 0.2) is 11.1 Å². The summed E-state index contributed by atoms with van der Waals surface area (Å²) in [7, 11) is -3.56. The van der Waals surface area contributed by atoms with E-state index in [9.17, 15) is 8.42 Å². The number of aliphatic hydroxyl groups excluding tert-OH is 1. The van der Waals surface area contributed by atoms with Crippen molar-refractivity contribution in [1.29, 1.82) is 0 Å². The van der Waals surface area contributed by atoms with E-state index < -0.39 is 15.6 Å². The molecular weight excluding hydrogens is 218 g/mol. The van der Waals surface area contributed by atoms with E-state index in [1.54, 1.807) is 6.92 Å². The molecule has 1 heterocycles. The van der Waals surface area contributed by atoms with Gasteiger partial charge in [0.15, 0.2) is 0 Å². The predicted octanol–water partition coefficient (Wildman–Crippen LogP) is -0.479. The fourth-order valence-electron chi connectivity index (χ4n) is 1.39. The Morgan fingerprint density at radius 1 is 1.67 bits per heavy atom. The molecule has 1 aromatic rings. The molecule has 84 valence electrons. The maximum absolute atomic E-state index is 11.8. The molecule has 0 spiro atoms. The highest BCUT2D eigenvalue weighted by Gasteiger charge is 2.45. The molecule has 7 heteroatoms. The minimum atomic E-state index is -3.56. The molecule has 6 nitrogen and oxygen atoms in total. The largest absolute Gasteiger partial charge is 0.394 e. The zero-order valence-electron chi connectivity index (χ0n) is 8.32. The van der Waals surface area contributed by atoms with Gasteiger partial charge in [0.25, 0.3) is 0 Å². The van der Waals surface area contributed by atoms with Crippen molar-refractivity contribution >= 4 is 10.0 Å². The summed E-state index contributed by atoms with van der Waals surface area (Å²) in [4.78, 5) is 0.141. The molecule has 2 rings (SSSR count). The summed E-state index contributed by atoms with van der Waals surface area (Å²) in [6.07, 6.45) is 2.63. The van der Waals surface area contributed by atoms with Gasteiger partial charge in [-0.25, -0.2) is 13.1 Å². The number of nitrogens with zero attached hydrogens (tertiary/aromatic N) is 1. The van der Waals surface area contributed by atoms with Gasteiger partial charge in [-0.05, 0) is 19.8 Å². The third-order valence-corrected chi connectivity index (χ3v) is 4.27. The summed E-state index contributed by atoms with van der Waals surface area (Å²) in [6.45, 7) is 1.48. The Hall–Kier alpha value is -0.920. The molecule has 1 saturated carbocycles. The van der Waals surface area contributed by atoms with Gasteiger partial charge in [0.2, 0.25) is 10.0 Å². The van der Waals surface area contributed by atoms with Crippen molar-refractivity contribution in [3.05, 3.63) is 11.9 Å². The first-order chi connectivity index (χ1) is 6.99. The topological polar surface area (TPSA) is 95.1 Å². The van der Waals surface area contributed by atoms with Gasteiger partial charge in [0.1, 0.15) is 4.90 Å². The van der Waals surface area contributed by atoms with Crippen LogP contribution in [-0.2, 0) is 10.0 Å². The van der Waals surface area contributed by atoms with E-state index in [2.05, 4.69) is 14.9 Å². The van der Waals surface area contributed by atoms with Crippen molar-refractivity contribution in [2.24, 2.45) is 0 Å². The van der Waals surface area contributed by atoms with Crippen LogP contribution in [-0.4, -0.2) is 35.9 Å². The second-order valence-corrected chi connectivity index (χ2v) is 5.55. The van der Waals surface area contributed by atoms with Crippen LogP contribution >= 0.6 is 0 Å². The van der Waals surface area contributed by atoms with Gasteiger partial charge >= 0.3 is 0 Å². The Kier molecular flexibility index (Phi) is 2.32. The number of nitrogens with one attached hydrogen (secondary N) is 2. The molecule has 0 saturated heterocycles. The summed E-state index contributed by atoms with van der Waals surface area (Å²) >= 11 is 0. The fraction of sp³-hybridized carbons (Fsp3) is 0.625. The first-order valence-corrected chi connectivity index (χ1v) is 6.12. The molecule has 0 unspecified atom stereocenters. The number of aromatic amines is 1. The molecule has 15 heavy (non-hydrogen) atoms. The van der Waals surface area contributed by atoms with Crippen molar-refractivity contribution in [2.75, 3.05) is 6.61 Å². The van der Waals surface area contributed by atoms with E-state index in [4.69, 9.17) is 5.11 Å². The number of rotatable bonds is 4. The Morgan fingerprint density at radius 3 is 2.73 bits per heavy atom. The van der Waals surface area contributed by atoms with Crippen molar-refractivity contribution < 1.29 is 13.5 Å². The molecular formula is C8H13N3O3S. The minimum Gasteiger partial charge on any atom is -0.394 e. The minimum absolute atomic E-state index is 0.141. The van der Waals surface area contributed by atoms with E-state index in [1.165, 1.54) is 6.20 Å². The van der Waals surface area contributed by atoms with Gasteiger partial charge in [0, 0.05) is 0 Å². The van der Waals surface area contributed by atoms with Gasteiger partial charge in [-0.3, -0.25) is 5.10 Å². The highest BCUT2D eigenvalue weighted by atomic mass is 32.2. The smallest absolute Gasteiger partial charge is 0.244 e. The van der Waals surface area contributed by atoms with Crippen LogP contribution in [0, 0.1) is 6.92 Å². The Bertz CT molecular complexity index is 461. The van der Waals surface area contributed by atoms with Crippen LogP contribution in [0.25, 0.3) is 0 Å². The Balaban J connectivity index is 2.25. The third-order valence-electron chi connectivity index (χ3n) is 2.58. The first-order valence-electron chi connectivity index (χ1n) is 4.64. The number of sulfonamides is 1. The molecule has 3 N–H and O–H groups in total. The zero-order valence-corrected chi connectivity index (χ0v) is 9.13. The quantitative estimate of drug-likeness (QED) is 0.652. The molecule has 0 atom stereocenters. The monoisotopic (exact) mass is 231 g/mol. The average Bonchev–Trinajstić information content (AvgIpc) is 2.78. The summed E-state index contributed by atoms with van der Waals surface area (Å²) < 4.78 is 26.2. The second-order valence-electron chi connectivity index (χ2n) is 3.90. The fourth-order valence-corrected chi connectivity index (χ4v) is 2.98. The third kappa shape index (κ3) is 1.90. The van der Waals surface area contributed by atoms with Gasteiger partial charge in [-0.1, -0.05) is 0 Å². The lowest BCUT2D eigenvalue weighted by atomic mass is 10.3. The van der Waals surface area contributed by atoms with Gasteiger partial charge in [0.05, 0.1) is 24.0 Å². The summed E-state index contributed by atoms with van der Waals surface area (Å²) in [5.41, 5.74) is -0.140. The Labute approximate surface area is 87.8 Å². The molecule has 1 aromatic heterocycles. The van der Waals surface area contributed by atoms with E-state index in [1.807, 2.05) is 0 Å². The molecule has 1 fully saturated rings. The van der Waals surface area contributed by atoms with Crippen molar-refractivity contribution in [3.8, 4) is 0 Å². The predicted molar refractivity (Wildman–Crippen MR) is 52.7 cm³/mol. The first kappa shape index (κ1) is 10.6. The van der Waals surface area contributed by atoms with Crippen molar-refractivity contribution in [3.63, 3.8) is 0 Å². The van der Waals surface area contributed by atoms with Gasteiger partial charge in [-0.2, -0.15) is 5.10 Å². The van der Waals surface area contributed by atoms with Crippen LogP contribution in [0.1, 0.15) is 18.5 Å². The van der Waals surface area contributed by atoms with Gasteiger partial charge < -0.3 is 5.11 Å². The van der Waals surface area contributed by atoms with Crippen molar-refractivity contribution in [1.82, 2.24) is 14.9 Å². The lowest BCUT2D eigenvalue weighted by molar-refractivity contribution is 0.246. The van der Waals surface area contributed by atoms with Crippen molar-refractivity contribution in [2.45, 2.75) is 30.2 Å². The number of H-pyrrole nitrogens is 1. The molecule has 0 amide bonds. The lowest BCUT2D eigenvalue weighted by Crippen LogP contribution is -2.39. The van der Waals surface area contributed by atoms with E-state index in [0.717, 1.165) is 0 Å². The standard InChI is InChI=1S/C8H13N3O3S/c1-6-7(4-9-10-6)15(13,14)11-8(5-12)2-3-8/h4,11-12H,2-3,5H2,1H3,(H,9,10). The maximum atomic E-state index is 11.8. The van der Waals surface area contributed by atoms with Crippen LogP contribution in [0.4, 0.5) is 0 Å². The summed E-state index contributed by atoms with van der Waals surface area (Å²) in [5, 5.41) is 15.3. The summed E-state index contributed by atoms with van der Waals surface area (Å²) in [5.74, 6) is 0. The number of aromatic nitrogens is 2. The van der Waals surface area contributed by atoms with Crippen LogP contribution in [0.2, 0.25) is 0 Å². The zero-order chi connectivity index (χ0) is 11.1. The average molecular weight is 231 g/mol. The van der Waals surface area contributed by atoms with Crippen LogP contribution in [0.5, 0.6) is 0 Å². The molecule has 1 aliphatic rings. The normalized spacial score (nSPS) is 19.1. The second kappa shape index (κ2) is 3.29. The van der Waals surface area contributed by atoms with E-state index >= 15 is 0 Å². The highest BCUT2D eigenvalue weighted by molar-refractivity contribution is 7.89. The summed E-state index contributed by atoms with van der Waals surface area (Å²) in [6, 6.07) is 0. The highest BCUT2D eigenvalue weighted by Crippen LogP contribution is 2.36. The molecule has 0 radical (unpaired) electrons. The molecule has 0 aromatic carbocycles. The SMILES string of the molecule is Cc1[nH]ncc1S(=O)(=O)NC1(CO)CC1. The van der Waals surface area contributed by atoms with E-state index in [-0.39, 0.29) is 11.5 Å². The number of hydrogen-bond donors (Lipinski definition) is 3. The number of aryl methyl sites for hydroxylation is 1. The van der Waals surface area contributed by atoms with Crippen LogP contribution < -0.4 is 4.72 Å². The Morgan fingerprint density at radius 2 is 2.33 bits per heavy atom. The van der Waals surface area contributed by atoms with E-state index in [0.29, 0.717) is 18.5 Å². The van der Waals surface area contributed by atoms with Gasteiger partial charge in [-0.15, -0.1) is 0 Å². The number of aliphatic hydroxyl groups is 1. The molecule has 0 aliphatic heterocycles. The maximum Gasteiger partial charge on any atom is 0.244 e. The van der Waals surface area contributed by atoms with Crippen LogP contribution in [0.3, 0.4) is 0 Å².